The highest BCUT2D eigenvalue weighted by Crippen LogP contribution is 2.40. The Hall–Kier alpha value is -1.33. The average molecular weight is 282 g/mol. The van der Waals surface area contributed by atoms with Crippen LogP contribution >= 0.6 is 23.8 Å². The van der Waals surface area contributed by atoms with E-state index in [1.807, 2.05) is 12.1 Å². The molecule has 4 nitrogen and oxygen atoms in total. The van der Waals surface area contributed by atoms with Crippen LogP contribution in [0, 0.1) is 4.77 Å². The topological polar surface area (TPSA) is 42.8 Å². The lowest BCUT2D eigenvalue weighted by Crippen LogP contribution is -1.99. The van der Waals surface area contributed by atoms with E-state index < -0.39 is 0 Å². The molecular weight excluding hydrogens is 270 g/mol. The fourth-order valence-corrected chi connectivity index (χ4v) is 2.46. The maximum atomic E-state index is 5.97. The third-order valence-electron chi connectivity index (χ3n) is 3.02. The fraction of sp³-hybridized carbons (Fsp3) is 0.333. The van der Waals surface area contributed by atoms with Gasteiger partial charge >= 0.3 is 0 Å². The molecule has 0 spiro atoms. The SMILES string of the molecule is COc1cc(Cl)ccc1-c1n[nH]c(=S)n1C1CC1. The van der Waals surface area contributed by atoms with Gasteiger partial charge < -0.3 is 4.74 Å². The summed E-state index contributed by atoms with van der Waals surface area (Å²) in [4.78, 5) is 0. The second-order valence-corrected chi connectivity index (χ2v) is 5.12. The van der Waals surface area contributed by atoms with Crippen molar-refractivity contribution in [2.24, 2.45) is 0 Å². The lowest BCUT2D eigenvalue weighted by molar-refractivity contribution is 0.416. The van der Waals surface area contributed by atoms with Crippen LogP contribution in [-0.4, -0.2) is 21.9 Å². The Morgan fingerprint density at radius 2 is 2.28 bits per heavy atom. The van der Waals surface area contributed by atoms with Crippen LogP contribution in [0.3, 0.4) is 0 Å². The van der Waals surface area contributed by atoms with Gasteiger partial charge in [0.15, 0.2) is 10.6 Å². The number of nitrogens with one attached hydrogen (secondary N) is 1. The van der Waals surface area contributed by atoms with Crippen molar-refractivity contribution < 1.29 is 4.74 Å². The summed E-state index contributed by atoms with van der Waals surface area (Å²) in [6.07, 6.45) is 2.30. The van der Waals surface area contributed by atoms with Gasteiger partial charge in [-0.2, -0.15) is 5.10 Å². The number of ether oxygens (including phenoxy) is 1. The summed E-state index contributed by atoms with van der Waals surface area (Å²) in [5.41, 5.74) is 0.904. The zero-order valence-corrected chi connectivity index (χ0v) is 11.4. The second kappa shape index (κ2) is 4.40. The first-order chi connectivity index (χ1) is 8.70. The van der Waals surface area contributed by atoms with Crippen LogP contribution in [0.2, 0.25) is 5.02 Å². The number of rotatable bonds is 3. The Morgan fingerprint density at radius 3 is 2.94 bits per heavy atom. The molecule has 0 amide bonds. The summed E-state index contributed by atoms with van der Waals surface area (Å²) in [7, 11) is 1.62. The first-order valence-electron chi connectivity index (χ1n) is 5.71. The van der Waals surface area contributed by atoms with Crippen LogP contribution in [0.5, 0.6) is 5.75 Å². The summed E-state index contributed by atoms with van der Waals surface area (Å²) in [5.74, 6) is 1.52. The van der Waals surface area contributed by atoms with E-state index in [2.05, 4.69) is 14.8 Å². The number of aromatic nitrogens is 3. The molecule has 6 heteroatoms. The summed E-state index contributed by atoms with van der Waals surface area (Å²) >= 11 is 11.2. The van der Waals surface area contributed by atoms with Crippen molar-refractivity contribution >= 4 is 23.8 Å². The number of halogens is 1. The molecule has 0 atom stereocenters. The van der Waals surface area contributed by atoms with Gasteiger partial charge in [0.2, 0.25) is 0 Å². The molecule has 0 bridgehead atoms. The molecule has 94 valence electrons. The van der Waals surface area contributed by atoms with Crippen LogP contribution in [-0.2, 0) is 0 Å². The van der Waals surface area contributed by atoms with E-state index in [1.54, 1.807) is 13.2 Å². The number of hydrogen-bond donors (Lipinski definition) is 1. The molecular formula is C12H12ClN3OS. The molecule has 1 fully saturated rings. The van der Waals surface area contributed by atoms with Crippen LogP contribution in [0.25, 0.3) is 11.4 Å². The lowest BCUT2D eigenvalue weighted by atomic mass is 10.2. The van der Waals surface area contributed by atoms with Gasteiger partial charge in [-0.25, -0.2) is 0 Å². The minimum Gasteiger partial charge on any atom is -0.496 e. The molecule has 1 aromatic heterocycles. The van der Waals surface area contributed by atoms with E-state index in [0.717, 1.165) is 24.2 Å². The van der Waals surface area contributed by atoms with E-state index >= 15 is 0 Å². The smallest absolute Gasteiger partial charge is 0.195 e. The van der Waals surface area contributed by atoms with Gasteiger partial charge in [0, 0.05) is 11.1 Å². The third kappa shape index (κ3) is 1.93. The minimum absolute atomic E-state index is 0.464. The Kier molecular flexibility index (Phi) is 2.87. The first kappa shape index (κ1) is 11.7. The summed E-state index contributed by atoms with van der Waals surface area (Å²) in [5, 5.41) is 7.80. The van der Waals surface area contributed by atoms with E-state index in [1.165, 1.54) is 0 Å². The predicted octanol–water partition coefficient (Wildman–Crippen LogP) is 3.60. The normalized spacial score (nSPS) is 14.8. The van der Waals surface area contributed by atoms with Crippen molar-refractivity contribution in [1.29, 1.82) is 0 Å². The van der Waals surface area contributed by atoms with Gasteiger partial charge in [0.25, 0.3) is 0 Å². The standard InChI is InChI=1S/C12H12ClN3OS/c1-17-10-6-7(13)2-5-9(10)11-14-15-12(18)16(11)8-3-4-8/h2,5-6,8H,3-4H2,1H3,(H,15,18). The second-order valence-electron chi connectivity index (χ2n) is 4.30. The molecule has 0 aliphatic heterocycles. The van der Waals surface area contributed by atoms with Gasteiger partial charge in [0.05, 0.1) is 12.7 Å². The van der Waals surface area contributed by atoms with Crippen LogP contribution < -0.4 is 4.74 Å². The minimum atomic E-state index is 0.464. The maximum Gasteiger partial charge on any atom is 0.195 e. The molecule has 18 heavy (non-hydrogen) atoms. The van der Waals surface area contributed by atoms with Gasteiger partial charge in [0.1, 0.15) is 5.75 Å². The summed E-state index contributed by atoms with van der Waals surface area (Å²) < 4.78 is 8.07. The van der Waals surface area contributed by atoms with Crippen LogP contribution in [0.1, 0.15) is 18.9 Å². The number of hydrogen-bond acceptors (Lipinski definition) is 3. The monoisotopic (exact) mass is 281 g/mol. The van der Waals surface area contributed by atoms with Crippen molar-refractivity contribution in [2.45, 2.75) is 18.9 Å². The van der Waals surface area contributed by atoms with Crippen molar-refractivity contribution in [3.63, 3.8) is 0 Å². The van der Waals surface area contributed by atoms with Crippen molar-refractivity contribution in [3.05, 3.63) is 28.0 Å². The Balaban J connectivity index is 2.18. The largest absolute Gasteiger partial charge is 0.496 e. The molecule has 1 N–H and O–H groups in total. The van der Waals surface area contributed by atoms with Crippen molar-refractivity contribution in [3.8, 4) is 17.1 Å². The van der Waals surface area contributed by atoms with Gasteiger partial charge in [-0.05, 0) is 43.3 Å². The first-order valence-corrected chi connectivity index (χ1v) is 6.50. The zero-order valence-electron chi connectivity index (χ0n) is 9.81. The molecule has 1 aliphatic carbocycles. The maximum absolute atomic E-state index is 5.97. The van der Waals surface area contributed by atoms with Gasteiger partial charge in [-0.3, -0.25) is 9.67 Å². The Labute approximate surface area is 115 Å². The lowest BCUT2D eigenvalue weighted by Gasteiger charge is -2.09. The average Bonchev–Trinajstić information content (AvgIpc) is 3.13. The summed E-state index contributed by atoms with van der Waals surface area (Å²) in [6.45, 7) is 0. The molecule has 1 saturated carbocycles. The highest BCUT2D eigenvalue weighted by Gasteiger charge is 2.28. The number of methoxy groups -OCH3 is 1. The number of benzene rings is 1. The quantitative estimate of drug-likeness (QED) is 0.874. The zero-order chi connectivity index (χ0) is 12.7. The molecule has 0 radical (unpaired) electrons. The summed E-state index contributed by atoms with van der Waals surface area (Å²) in [6, 6.07) is 5.98. The Bertz CT molecular complexity index is 645. The van der Waals surface area contributed by atoms with Crippen LogP contribution in [0.15, 0.2) is 18.2 Å². The van der Waals surface area contributed by atoms with E-state index in [-0.39, 0.29) is 0 Å². The highest BCUT2D eigenvalue weighted by molar-refractivity contribution is 7.71. The van der Waals surface area contributed by atoms with Gasteiger partial charge in [-0.15, -0.1) is 0 Å². The molecule has 2 aromatic rings. The van der Waals surface area contributed by atoms with E-state index in [4.69, 9.17) is 28.6 Å². The van der Waals surface area contributed by atoms with Crippen molar-refractivity contribution in [1.82, 2.24) is 14.8 Å². The molecule has 1 heterocycles. The Morgan fingerprint density at radius 1 is 1.50 bits per heavy atom. The van der Waals surface area contributed by atoms with Gasteiger partial charge in [-0.1, -0.05) is 11.6 Å². The predicted molar refractivity (Wildman–Crippen MR) is 72.7 cm³/mol. The highest BCUT2D eigenvalue weighted by atomic mass is 35.5. The number of aromatic amines is 1. The third-order valence-corrected chi connectivity index (χ3v) is 3.54. The van der Waals surface area contributed by atoms with Crippen molar-refractivity contribution in [2.75, 3.05) is 7.11 Å². The number of H-pyrrole nitrogens is 1. The number of nitrogens with zero attached hydrogens (tertiary/aromatic N) is 2. The van der Waals surface area contributed by atoms with Crippen LogP contribution in [0.4, 0.5) is 0 Å². The van der Waals surface area contributed by atoms with E-state index in [9.17, 15) is 0 Å². The molecule has 1 aliphatic rings. The molecule has 0 unspecified atom stereocenters. The molecule has 3 rings (SSSR count). The molecule has 0 saturated heterocycles. The fourth-order valence-electron chi connectivity index (χ4n) is 2.02. The van der Waals surface area contributed by atoms with E-state index in [0.29, 0.717) is 21.6 Å². The molecule has 1 aromatic carbocycles.